The van der Waals surface area contributed by atoms with Crippen LogP contribution in [0, 0.1) is 6.92 Å². The lowest BCUT2D eigenvalue weighted by Crippen LogP contribution is -2.18. The van der Waals surface area contributed by atoms with Crippen molar-refractivity contribution in [1.29, 1.82) is 0 Å². The highest BCUT2D eigenvalue weighted by Crippen LogP contribution is 2.37. The van der Waals surface area contributed by atoms with Gasteiger partial charge >= 0.3 is 0 Å². The fraction of sp³-hybridized carbons (Fsp3) is 0.308. The Labute approximate surface area is 94.7 Å². The van der Waals surface area contributed by atoms with Crippen LogP contribution in [0.1, 0.15) is 11.5 Å². The molecule has 0 saturated heterocycles. The van der Waals surface area contributed by atoms with E-state index in [1.807, 2.05) is 6.92 Å². The number of benzene rings is 1. The number of para-hydroxylation sites is 1. The molecule has 2 heterocycles. The van der Waals surface area contributed by atoms with Crippen LogP contribution in [0.4, 0.5) is 5.69 Å². The molecule has 1 aromatic heterocycles. The van der Waals surface area contributed by atoms with Gasteiger partial charge in [0.2, 0.25) is 0 Å². The van der Waals surface area contributed by atoms with Crippen LogP contribution in [0.15, 0.2) is 28.8 Å². The molecule has 82 valence electrons. The van der Waals surface area contributed by atoms with Crippen LogP contribution in [0.25, 0.3) is 11.1 Å². The zero-order valence-corrected chi connectivity index (χ0v) is 9.53. The Hall–Kier alpha value is -1.77. The van der Waals surface area contributed by atoms with Crippen molar-refractivity contribution in [3.63, 3.8) is 0 Å². The summed E-state index contributed by atoms with van der Waals surface area (Å²) in [5, 5.41) is 4.07. The summed E-state index contributed by atoms with van der Waals surface area (Å²) >= 11 is 0. The second kappa shape index (κ2) is 3.37. The van der Waals surface area contributed by atoms with Gasteiger partial charge in [0.05, 0.1) is 5.69 Å². The van der Waals surface area contributed by atoms with Crippen molar-refractivity contribution in [1.82, 2.24) is 5.16 Å². The fourth-order valence-corrected chi connectivity index (χ4v) is 2.34. The lowest BCUT2D eigenvalue weighted by atomic mass is 10.0. The maximum absolute atomic E-state index is 5.40. The zero-order valence-electron chi connectivity index (χ0n) is 9.53. The molecule has 3 nitrogen and oxygen atoms in total. The highest BCUT2D eigenvalue weighted by Gasteiger charge is 2.22. The third-order valence-corrected chi connectivity index (χ3v) is 3.19. The van der Waals surface area contributed by atoms with Crippen LogP contribution in [-0.2, 0) is 6.42 Å². The summed E-state index contributed by atoms with van der Waals surface area (Å²) in [7, 11) is 2.12. The molecule has 3 heteroatoms. The van der Waals surface area contributed by atoms with Gasteiger partial charge in [-0.1, -0.05) is 23.4 Å². The Balaban J connectivity index is 2.31. The fourth-order valence-electron chi connectivity index (χ4n) is 2.34. The summed E-state index contributed by atoms with van der Waals surface area (Å²) in [6, 6.07) is 8.43. The second-order valence-corrected chi connectivity index (χ2v) is 4.25. The quantitative estimate of drug-likeness (QED) is 0.675. The van der Waals surface area contributed by atoms with Crippen LogP contribution < -0.4 is 4.90 Å². The Bertz CT molecular complexity index is 530. The van der Waals surface area contributed by atoms with Crippen LogP contribution in [-0.4, -0.2) is 18.7 Å². The van der Waals surface area contributed by atoms with E-state index in [0.29, 0.717) is 0 Å². The van der Waals surface area contributed by atoms with Gasteiger partial charge in [0, 0.05) is 36.8 Å². The molecule has 0 fully saturated rings. The molecule has 16 heavy (non-hydrogen) atoms. The van der Waals surface area contributed by atoms with E-state index >= 15 is 0 Å². The lowest BCUT2D eigenvalue weighted by molar-refractivity contribution is 0.381. The van der Waals surface area contributed by atoms with E-state index in [-0.39, 0.29) is 0 Å². The molecule has 0 atom stereocenters. The second-order valence-electron chi connectivity index (χ2n) is 4.25. The van der Waals surface area contributed by atoms with Crippen LogP contribution in [0.3, 0.4) is 0 Å². The van der Waals surface area contributed by atoms with Gasteiger partial charge in [-0.3, -0.25) is 0 Å². The number of aromatic nitrogens is 1. The third kappa shape index (κ3) is 1.24. The molecule has 0 N–H and O–H groups in total. The van der Waals surface area contributed by atoms with Crippen molar-refractivity contribution in [2.45, 2.75) is 13.3 Å². The highest BCUT2D eigenvalue weighted by molar-refractivity contribution is 5.81. The predicted molar refractivity (Wildman–Crippen MR) is 63.7 cm³/mol. The van der Waals surface area contributed by atoms with Gasteiger partial charge in [0.25, 0.3) is 0 Å². The van der Waals surface area contributed by atoms with E-state index in [9.17, 15) is 0 Å². The number of nitrogens with zero attached hydrogens (tertiary/aromatic N) is 2. The van der Waals surface area contributed by atoms with Gasteiger partial charge in [-0.05, 0) is 13.0 Å². The standard InChI is InChI=1S/C13H14N2O/c1-9-13-10-5-3-4-6-11(10)15(2)8-7-12(13)16-14-9/h3-6H,7-8H2,1-2H3. The summed E-state index contributed by atoms with van der Waals surface area (Å²) in [6.07, 6.45) is 0.918. The minimum absolute atomic E-state index is 0.918. The van der Waals surface area contributed by atoms with Crippen molar-refractivity contribution in [3.05, 3.63) is 35.7 Å². The normalized spacial score (nSPS) is 14.2. The maximum atomic E-state index is 5.40. The first-order valence-corrected chi connectivity index (χ1v) is 5.53. The van der Waals surface area contributed by atoms with Gasteiger partial charge in [0.15, 0.2) is 0 Å². The van der Waals surface area contributed by atoms with Crippen LogP contribution in [0.2, 0.25) is 0 Å². The molecular formula is C13H14N2O. The van der Waals surface area contributed by atoms with E-state index in [1.54, 1.807) is 0 Å². The molecule has 0 unspecified atom stereocenters. The third-order valence-electron chi connectivity index (χ3n) is 3.19. The maximum Gasteiger partial charge on any atom is 0.146 e. The number of hydrogen-bond acceptors (Lipinski definition) is 3. The largest absolute Gasteiger partial charge is 0.374 e. The molecule has 1 aliphatic rings. The van der Waals surface area contributed by atoms with Gasteiger partial charge in [-0.15, -0.1) is 0 Å². The Morgan fingerprint density at radius 1 is 1.31 bits per heavy atom. The summed E-state index contributed by atoms with van der Waals surface area (Å²) < 4.78 is 5.40. The molecule has 0 spiro atoms. The lowest BCUT2D eigenvalue weighted by Gasteiger charge is -2.18. The van der Waals surface area contributed by atoms with Crippen molar-refractivity contribution in [3.8, 4) is 11.1 Å². The average molecular weight is 214 g/mol. The minimum Gasteiger partial charge on any atom is -0.374 e. The SMILES string of the molecule is Cc1noc2c1-c1ccccc1N(C)CC2. The molecule has 0 bridgehead atoms. The molecule has 0 saturated carbocycles. The van der Waals surface area contributed by atoms with E-state index in [4.69, 9.17) is 4.52 Å². The van der Waals surface area contributed by atoms with Gasteiger partial charge in [-0.2, -0.15) is 0 Å². The molecule has 3 rings (SSSR count). The van der Waals surface area contributed by atoms with Crippen molar-refractivity contribution in [2.75, 3.05) is 18.5 Å². The molecule has 0 amide bonds. The first-order valence-electron chi connectivity index (χ1n) is 5.53. The Morgan fingerprint density at radius 3 is 3.00 bits per heavy atom. The average Bonchev–Trinajstić information content (AvgIpc) is 2.60. The van der Waals surface area contributed by atoms with Crippen LogP contribution in [0.5, 0.6) is 0 Å². The van der Waals surface area contributed by atoms with E-state index in [1.165, 1.54) is 16.8 Å². The molecule has 2 aromatic rings. The summed E-state index contributed by atoms with van der Waals surface area (Å²) in [4.78, 5) is 2.27. The summed E-state index contributed by atoms with van der Waals surface area (Å²) in [5.74, 6) is 1.01. The predicted octanol–water partition coefficient (Wildman–Crippen LogP) is 2.64. The van der Waals surface area contributed by atoms with Crippen molar-refractivity contribution < 1.29 is 4.52 Å². The minimum atomic E-state index is 0.918. The monoisotopic (exact) mass is 214 g/mol. The van der Waals surface area contributed by atoms with Gasteiger partial charge in [0.1, 0.15) is 5.76 Å². The zero-order chi connectivity index (χ0) is 11.1. The highest BCUT2D eigenvalue weighted by atomic mass is 16.5. The number of rotatable bonds is 0. The van der Waals surface area contributed by atoms with E-state index < -0.39 is 0 Å². The van der Waals surface area contributed by atoms with E-state index in [2.05, 4.69) is 41.4 Å². The smallest absolute Gasteiger partial charge is 0.146 e. The number of fused-ring (bicyclic) bond motifs is 3. The van der Waals surface area contributed by atoms with E-state index in [0.717, 1.165) is 24.4 Å². The Morgan fingerprint density at radius 2 is 2.12 bits per heavy atom. The number of likely N-dealkylation sites (N-methyl/N-ethyl adjacent to an activating group) is 1. The molecular weight excluding hydrogens is 200 g/mol. The first-order chi connectivity index (χ1) is 7.77. The van der Waals surface area contributed by atoms with Crippen molar-refractivity contribution in [2.24, 2.45) is 0 Å². The summed E-state index contributed by atoms with van der Waals surface area (Å²) in [6.45, 7) is 2.98. The van der Waals surface area contributed by atoms with Crippen LogP contribution >= 0.6 is 0 Å². The summed E-state index contributed by atoms with van der Waals surface area (Å²) in [5.41, 5.74) is 4.65. The van der Waals surface area contributed by atoms with Crippen molar-refractivity contribution >= 4 is 5.69 Å². The Kier molecular flexibility index (Phi) is 1.99. The molecule has 0 radical (unpaired) electrons. The number of hydrogen-bond donors (Lipinski definition) is 0. The first kappa shape index (κ1) is 9.46. The van der Waals surface area contributed by atoms with Gasteiger partial charge < -0.3 is 9.42 Å². The molecule has 0 aliphatic carbocycles. The topological polar surface area (TPSA) is 29.3 Å². The number of anilines is 1. The molecule has 1 aliphatic heterocycles. The molecule has 1 aromatic carbocycles. The number of aryl methyl sites for hydroxylation is 1. The van der Waals surface area contributed by atoms with Gasteiger partial charge in [-0.25, -0.2) is 0 Å².